The van der Waals surface area contributed by atoms with Crippen LogP contribution in [0.2, 0.25) is 0 Å². The lowest BCUT2D eigenvalue weighted by Gasteiger charge is -2.18. The Hall–Kier alpha value is -1.73. The monoisotopic (exact) mass is 293 g/mol. The Morgan fingerprint density at radius 2 is 2.30 bits per heavy atom. The van der Waals surface area contributed by atoms with E-state index in [0.717, 1.165) is 18.1 Å². The van der Waals surface area contributed by atoms with Crippen molar-refractivity contribution in [3.63, 3.8) is 0 Å². The summed E-state index contributed by atoms with van der Waals surface area (Å²) in [6.07, 6.45) is -0.0898. The van der Waals surface area contributed by atoms with Gasteiger partial charge in [-0.25, -0.2) is 0 Å². The van der Waals surface area contributed by atoms with Crippen LogP contribution in [0, 0.1) is 0 Å². The number of rotatable bonds is 4. The molecule has 3 rings (SSSR count). The van der Waals surface area contributed by atoms with Gasteiger partial charge in [0.1, 0.15) is 11.9 Å². The number of hydrogen-bond acceptors (Lipinski definition) is 7. The maximum Gasteiger partial charge on any atom is 0.264 e. The minimum atomic E-state index is -0.0898. The van der Waals surface area contributed by atoms with Crippen LogP contribution in [-0.4, -0.2) is 28.3 Å². The molecule has 0 spiro atoms. The molecule has 0 radical (unpaired) electrons. The maximum atomic E-state index is 5.79. The third-order valence-electron chi connectivity index (χ3n) is 2.86. The Morgan fingerprint density at radius 1 is 1.40 bits per heavy atom. The van der Waals surface area contributed by atoms with E-state index in [1.165, 1.54) is 0 Å². The molecule has 1 aromatic carbocycles. The van der Waals surface area contributed by atoms with Crippen molar-refractivity contribution < 1.29 is 14.0 Å². The standard InChI is InChI=1S/C13H15N3O3S/c14-9-3-1-2-4-10(9)18-7-12-15-13(16-19-12)11-8-20-6-5-17-11/h1-4,11H,5-8,14H2. The zero-order valence-corrected chi connectivity index (χ0v) is 11.6. The van der Waals surface area contributed by atoms with E-state index >= 15 is 0 Å². The number of hydrogen-bond donors (Lipinski definition) is 1. The van der Waals surface area contributed by atoms with Gasteiger partial charge in [0.2, 0.25) is 5.82 Å². The molecule has 0 bridgehead atoms. The number of anilines is 1. The van der Waals surface area contributed by atoms with Crippen molar-refractivity contribution in [3.8, 4) is 5.75 Å². The Balaban J connectivity index is 1.61. The lowest BCUT2D eigenvalue weighted by Crippen LogP contribution is -2.16. The molecule has 1 saturated heterocycles. The predicted octanol–water partition coefficient (Wildman–Crippen LogP) is 2.04. The SMILES string of the molecule is Nc1ccccc1OCc1nc(C2CSCCO2)no1. The van der Waals surface area contributed by atoms with Gasteiger partial charge in [0.15, 0.2) is 6.61 Å². The first-order valence-corrected chi connectivity index (χ1v) is 7.47. The minimum Gasteiger partial charge on any atom is -0.482 e. The molecule has 1 aliphatic heterocycles. The number of thioether (sulfide) groups is 1. The van der Waals surface area contributed by atoms with Gasteiger partial charge in [0, 0.05) is 11.5 Å². The molecule has 2 aromatic rings. The van der Waals surface area contributed by atoms with Crippen molar-refractivity contribution >= 4 is 17.4 Å². The number of nitrogens with zero attached hydrogens (tertiary/aromatic N) is 2. The van der Waals surface area contributed by atoms with Crippen LogP contribution in [0.3, 0.4) is 0 Å². The lowest BCUT2D eigenvalue weighted by molar-refractivity contribution is 0.0677. The predicted molar refractivity (Wildman–Crippen MR) is 75.5 cm³/mol. The van der Waals surface area contributed by atoms with Crippen LogP contribution >= 0.6 is 11.8 Å². The van der Waals surface area contributed by atoms with Gasteiger partial charge in [-0.2, -0.15) is 16.7 Å². The highest BCUT2D eigenvalue weighted by Crippen LogP contribution is 2.25. The molecule has 0 aliphatic carbocycles. The summed E-state index contributed by atoms with van der Waals surface area (Å²) in [7, 11) is 0. The van der Waals surface area contributed by atoms with Crippen LogP contribution < -0.4 is 10.5 Å². The van der Waals surface area contributed by atoms with Crippen molar-refractivity contribution in [1.82, 2.24) is 10.1 Å². The number of aromatic nitrogens is 2. The molecule has 1 unspecified atom stereocenters. The maximum absolute atomic E-state index is 5.79. The van der Waals surface area contributed by atoms with Crippen LogP contribution in [0.5, 0.6) is 5.75 Å². The summed E-state index contributed by atoms with van der Waals surface area (Å²) in [4.78, 5) is 4.30. The second kappa shape index (κ2) is 6.15. The fraction of sp³-hybridized carbons (Fsp3) is 0.385. The summed E-state index contributed by atoms with van der Waals surface area (Å²) in [5, 5.41) is 3.94. The average Bonchev–Trinajstić information content (AvgIpc) is 2.96. The summed E-state index contributed by atoms with van der Waals surface area (Å²) in [5.41, 5.74) is 6.38. The van der Waals surface area contributed by atoms with E-state index < -0.39 is 0 Å². The third-order valence-corrected chi connectivity index (χ3v) is 3.85. The van der Waals surface area contributed by atoms with Crippen LogP contribution in [0.25, 0.3) is 0 Å². The number of para-hydroxylation sites is 2. The molecule has 1 aliphatic rings. The molecule has 2 N–H and O–H groups in total. The normalized spacial score (nSPS) is 18.9. The molecule has 1 fully saturated rings. The Labute approximate surface area is 120 Å². The first kappa shape index (κ1) is 13.3. The molecule has 20 heavy (non-hydrogen) atoms. The molecule has 0 saturated carbocycles. The largest absolute Gasteiger partial charge is 0.482 e. The Kier molecular flexibility index (Phi) is 4.08. The molecule has 7 heteroatoms. The summed E-state index contributed by atoms with van der Waals surface area (Å²) in [6, 6.07) is 7.29. The Bertz CT molecular complexity index is 569. The van der Waals surface area contributed by atoms with Crippen LogP contribution in [-0.2, 0) is 11.3 Å². The zero-order chi connectivity index (χ0) is 13.8. The number of benzene rings is 1. The number of nitrogen functional groups attached to an aromatic ring is 1. The van der Waals surface area contributed by atoms with Gasteiger partial charge in [0.25, 0.3) is 5.89 Å². The van der Waals surface area contributed by atoms with Crippen LogP contribution in [0.1, 0.15) is 17.8 Å². The second-order valence-electron chi connectivity index (χ2n) is 4.31. The van der Waals surface area contributed by atoms with Gasteiger partial charge in [-0.05, 0) is 12.1 Å². The Morgan fingerprint density at radius 3 is 3.10 bits per heavy atom. The highest BCUT2D eigenvalue weighted by atomic mass is 32.2. The van der Waals surface area contributed by atoms with Gasteiger partial charge in [-0.3, -0.25) is 0 Å². The smallest absolute Gasteiger partial charge is 0.264 e. The fourth-order valence-corrected chi connectivity index (χ4v) is 2.69. The van der Waals surface area contributed by atoms with E-state index in [9.17, 15) is 0 Å². The van der Waals surface area contributed by atoms with Gasteiger partial charge in [0.05, 0.1) is 12.3 Å². The van der Waals surface area contributed by atoms with E-state index in [2.05, 4.69) is 10.1 Å². The van der Waals surface area contributed by atoms with Gasteiger partial charge < -0.3 is 19.7 Å². The van der Waals surface area contributed by atoms with E-state index in [4.69, 9.17) is 19.7 Å². The molecule has 106 valence electrons. The van der Waals surface area contributed by atoms with Crippen molar-refractivity contribution in [2.75, 3.05) is 23.8 Å². The van der Waals surface area contributed by atoms with Gasteiger partial charge >= 0.3 is 0 Å². The van der Waals surface area contributed by atoms with E-state index in [0.29, 0.717) is 23.2 Å². The highest BCUT2D eigenvalue weighted by Gasteiger charge is 2.22. The van der Waals surface area contributed by atoms with E-state index in [-0.39, 0.29) is 12.7 Å². The molecule has 1 aromatic heterocycles. The molecule has 6 nitrogen and oxygen atoms in total. The topological polar surface area (TPSA) is 83.4 Å². The van der Waals surface area contributed by atoms with Crippen molar-refractivity contribution in [1.29, 1.82) is 0 Å². The first-order chi connectivity index (χ1) is 9.83. The van der Waals surface area contributed by atoms with E-state index in [1.54, 1.807) is 12.1 Å². The second-order valence-corrected chi connectivity index (χ2v) is 5.46. The highest BCUT2D eigenvalue weighted by molar-refractivity contribution is 7.99. The quantitative estimate of drug-likeness (QED) is 0.863. The van der Waals surface area contributed by atoms with Crippen LogP contribution in [0.15, 0.2) is 28.8 Å². The fourth-order valence-electron chi connectivity index (χ4n) is 1.85. The van der Waals surface area contributed by atoms with Gasteiger partial charge in [-0.15, -0.1) is 0 Å². The minimum absolute atomic E-state index is 0.0898. The van der Waals surface area contributed by atoms with Crippen molar-refractivity contribution in [2.24, 2.45) is 0 Å². The molecular weight excluding hydrogens is 278 g/mol. The summed E-state index contributed by atoms with van der Waals surface area (Å²) in [5.74, 6) is 3.47. The zero-order valence-electron chi connectivity index (χ0n) is 10.8. The molecule has 0 amide bonds. The summed E-state index contributed by atoms with van der Waals surface area (Å²) >= 11 is 1.82. The number of nitrogens with two attached hydrogens (primary N) is 1. The van der Waals surface area contributed by atoms with Crippen molar-refractivity contribution in [3.05, 3.63) is 36.0 Å². The number of ether oxygens (including phenoxy) is 2. The van der Waals surface area contributed by atoms with Gasteiger partial charge in [-0.1, -0.05) is 17.3 Å². The van der Waals surface area contributed by atoms with E-state index in [1.807, 2.05) is 23.9 Å². The van der Waals surface area contributed by atoms with Crippen molar-refractivity contribution in [2.45, 2.75) is 12.7 Å². The van der Waals surface area contributed by atoms with Crippen LogP contribution in [0.4, 0.5) is 5.69 Å². The third kappa shape index (κ3) is 3.05. The first-order valence-electron chi connectivity index (χ1n) is 6.32. The summed E-state index contributed by atoms with van der Waals surface area (Å²) < 4.78 is 16.3. The molecule has 1 atom stereocenters. The lowest BCUT2D eigenvalue weighted by atomic mass is 10.3. The average molecular weight is 293 g/mol. The molecule has 2 heterocycles. The molecular formula is C13H15N3O3S. The summed E-state index contributed by atoms with van der Waals surface area (Å²) in [6.45, 7) is 0.914.